The zero-order chi connectivity index (χ0) is 13.5. The van der Waals surface area contributed by atoms with Crippen molar-refractivity contribution < 1.29 is 14.3 Å². The van der Waals surface area contributed by atoms with Crippen LogP contribution in [-0.4, -0.2) is 36.5 Å². The molecule has 4 nitrogen and oxygen atoms in total. The van der Waals surface area contributed by atoms with E-state index in [2.05, 4.69) is 16.3 Å². The molecular weight excluding hydrogens is 250 g/mol. The van der Waals surface area contributed by atoms with Gasteiger partial charge in [-0.25, -0.2) is 0 Å². The monoisotopic (exact) mass is 273 g/mol. The van der Waals surface area contributed by atoms with Crippen molar-refractivity contribution in [1.82, 2.24) is 5.32 Å². The van der Waals surface area contributed by atoms with Crippen LogP contribution in [0.2, 0.25) is 0 Å². The second-order valence-corrected chi connectivity index (χ2v) is 6.05. The molecular formula is C13H23NO3S. The molecule has 1 N–H and O–H groups in total. The van der Waals surface area contributed by atoms with Crippen LogP contribution in [-0.2, 0) is 14.3 Å². The minimum atomic E-state index is -0.330. The van der Waals surface area contributed by atoms with E-state index in [4.69, 9.17) is 0 Å². The second kappa shape index (κ2) is 7.67. The summed E-state index contributed by atoms with van der Waals surface area (Å²) in [5, 5.41) is 3.71. The Morgan fingerprint density at radius 1 is 1.44 bits per heavy atom. The number of esters is 1. The van der Waals surface area contributed by atoms with Gasteiger partial charge in [-0.15, -0.1) is 0 Å². The van der Waals surface area contributed by atoms with Crippen LogP contribution in [0.4, 0.5) is 0 Å². The summed E-state index contributed by atoms with van der Waals surface area (Å²) in [4.78, 5) is 23.0. The van der Waals surface area contributed by atoms with Gasteiger partial charge in [-0.2, -0.15) is 11.8 Å². The van der Waals surface area contributed by atoms with Crippen LogP contribution in [0.15, 0.2) is 0 Å². The highest BCUT2D eigenvalue weighted by molar-refractivity contribution is 7.99. The molecule has 0 aliphatic heterocycles. The van der Waals surface area contributed by atoms with E-state index in [1.165, 1.54) is 20.0 Å². The highest BCUT2D eigenvalue weighted by Crippen LogP contribution is 2.27. The molecule has 1 saturated carbocycles. The molecule has 18 heavy (non-hydrogen) atoms. The van der Waals surface area contributed by atoms with Crippen molar-refractivity contribution in [2.75, 3.05) is 13.4 Å². The minimum absolute atomic E-state index is 0.0350. The predicted molar refractivity (Wildman–Crippen MR) is 73.5 cm³/mol. The Kier molecular flexibility index (Phi) is 6.54. The molecule has 0 spiro atoms. The lowest BCUT2D eigenvalue weighted by molar-refractivity contribution is -0.144. The fourth-order valence-electron chi connectivity index (χ4n) is 2.26. The highest BCUT2D eigenvalue weighted by Gasteiger charge is 2.25. The normalized spacial score (nSPS) is 25.3. The molecule has 5 heteroatoms. The van der Waals surface area contributed by atoms with E-state index in [1.807, 2.05) is 11.8 Å². The highest BCUT2D eigenvalue weighted by atomic mass is 32.2. The van der Waals surface area contributed by atoms with Gasteiger partial charge in [-0.1, -0.05) is 13.3 Å². The van der Waals surface area contributed by atoms with E-state index in [9.17, 15) is 9.59 Å². The molecule has 1 aliphatic carbocycles. The zero-order valence-corrected chi connectivity index (χ0v) is 12.2. The fraction of sp³-hybridized carbons (Fsp3) is 0.846. The molecule has 1 fully saturated rings. The molecule has 104 valence electrons. The topological polar surface area (TPSA) is 55.4 Å². The Hall–Kier alpha value is -0.710. The first-order chi connectivity index (χ1) is 8.56. The summed E-state index contributed by atoms with van der Waals surface area (Å²) in [5.41, 5.74) is 0. The third kappa shape index (κ3) is 4.88. The van der Waals surface area contributed by atoms with Crippen LogP contribution < -0.4 is 5.32 Å². The molecule has 3 atom stereocenters. The summed E-state index contributed by atoms with van der Waals surface area (Å²) in [6.07, 6.45) is 6.77. The first kappa shape index (κ1) is 15.3. The summed E-state index contributed by atoms with van der Waals surface area (Å²) in [7, 11) is 1.34. The molecule has 0 radical (unpaired) electrons. The van der Waals surface area contributed by atoms with Gasteiger partial charge in [0.1, 0.15) is 0 Å². The average molecular weight is 273 g/mol. The van der Waals surface area contributed by atoms with Gasteiger partial charge in [0.25, 0.3) is 0 Å². The van der Waals surface area contributed by atoms with Gasteiger partial charge in [0, 0.05) is 17.2 Å². The van der Waals surface area contributed by atoms with Crippen molar-refractivity contribution in [3.05, 3.63) is 0 Å². The quantitative estimate of drug-likeness (QED) is 0.778. The summed E-state index contributed by atoms with van der Waals surface area (Å²) < 4.78 is 4.57. The van der Waals surface area contributed by atoms with Crippen molar-refractivity contribution >= 4 is 23.6 Å². The third-order valence-electron chi connectivity index (χ3n) is 3.45. The largest absolute Gasteiger partial charge is 0.469 e. The molecule has 0 bridgehead atoms. The SMILES string of the molecule is COC(=O)C[C@H](C)C(=O)N[C@H]1CCC[C@@H](SC)C1. The molecule has 0 aromatic heterocycles. The van der Waals surface area contributed by atoms with Gasteiger partial charge in [0.15, 0.2) is 0 Å². The van der Waals surface area contributed by atoms with Crippen molar-refractivity contribution in [2.24, 2.45) is 5.92 Å². The first-order valence-electron chi connectivity index (χ1n) is 6.46. The second-order valence-electron chi connectivity index (χ2n) is 4.91. The van der Waals surface area contributed by atoms with Gasteiger partial charge in [0.2, 0.25) is 5.91 Å². The van der Waals surface area contributed by atoms with Crippen LogP contribution in [0.5, 0.6) is 0 Å². The summed E-state index contributed by atoms with van der Waals surface area (Å²) in [5.74, 6) is -0.678. The number of hydrogen-bond acceptors (Lipinski definition) is 4. The Balaban J connectivity index is 2.36. The number of amides is 1. The number of thioether (sulfide) groups is 1. The predicted octanol–water partition coefficient (Wildman–Crippen LogP) is 1.98. The van der Waals surface area contributed by atoms with Crippen molar-refractivity contribution in [3.63, 3.8) is 0 Å². The number of nitrogens with one attached hydrogen (secondary N) is 1. The Labute approximate surface area is 113 Å². The summed E-state index contributed by atoms with van der Waals surface area (Å²) in [6, 6.07) is 0.267. The maximum absolute atomic E-state index is 11.9. The van der Waals surface area contributed by atoms with Crippen LogP contribution >= 0.6 is 11.8 Å². The molecule has 0 heterocycles. The van der Waals surface area contributed by atoms with Crippen molar-refractivity contribution in [1.29, 1.82) is 0 Å². The van der Waals surface area contributed by atoms with Crippen LogP contribution in [0.25, 0.3) is 0 Å². The van der Waals surface area contributed by atoms with E-state index in [-0.39, 0.29) is 30.3 Å². The lowest BCUT2D eigenvalue weighted by Crippen LogP contribution is -2.42. The number of carbonyl (C=O) groups excluding carboxylic acids is 2. The van der Waals surface area contributed by atoms with Crippen LogP contribution in [0, 0.1) is 5.92 Å². The average Bonchev–Trinajstić information content (AvgIpc) is 2.38. The van der Waals surface area contributed by atoms with Crippen molar-refractivity contribution in [3.8, 4) is 0 Å². The van der Waals surface area contributed by atoms with E-state index in [0.29, 0.717) is 5.25 Å². The van der Waals surface area contributed by atoms with E-state index >= 15 is 0 Å². The third-order valence-corrected chi connectivity index (χ3v) is 4.55. The maximum Gasteiger partial charge on any atom is 0.306 e. The van der Waals surface area contributed by atoms with Crippen LogP contribution in [0.3, 0.4) is 0 Å². The fourth-order valence-corrected chi connectivity index (χ4v) is 3.09. The lowest BCUT2D eigenvalue weighted by Gasteiger charge is -2.29. The maximum atomic E-state index is 11.9. The lowest BCUT2D eigenvalue weighted by atomic mass is 9.94. The first-order valence-corrected chi connectivity index (χ1v) is 7.75. The van der Waals surface area contributed by atoms with Crippen LogP contribution in [0.1, 0.15) is 39.0 Å². The molecule has 0 saturated heterocycles. The molecule has 1 amide bonds. The van der Waals surface area contributed by atoms with Crippen molar-refractivity contribution in [2.45, 2.75) is 50.3 Å². The molecule has 1 aliphatic rings. The summed E-state index contributed by atoms with van der Waals surface area (Å²) >= 11 is 1.87. The Bertz CT molecular complexity index is 296. The smallest absolute Gasteiger partial charge is 0.306 e. The Morgan fingerprint density at radius 2 is 2.17 bits per heavy atom. The zero-order valence-electron chi connectivity index (χ0n) is 11.4. The van der Waals surface area contributed by atoms with Gasteiger partial charge < -0.3 is 10.1 Å². The van der Waals surface area contributed by atoms with Gasteiger partial charge in [0.05, 0.1) is 13.5 Å². The number of hydrogen-bond donors (Lipinski definition) is 1. The summed E-state index contributed by atoms with van der Waals surface area (Å²) in [6.45, 7) is 1.77. The van der Waals surface area contributed by atoms with Gasteiger partial charge in [-0.3, -0.25) is 9.59 Å². The van der Waals surface area contributed by atoms with E-state index in [1.54, 1.807) is 6.92 Å². The Morgan fingerprint density at radius 3 is 2.78 bits per heavy atom. The molecule has 0 unspecified atom stereocenters. The van der Waals surface area contributed by atoms with Gasteiger partial charge >= 0.3 is 5.97 Å². The van der Waals surface area contributed by atoms with E-state index < -0.39 is 0 Å². The molecule has 1 rings (SSSR count). The number of rotatable bonds is 5. The van der Waals surface area contributed by atoms with Gasteiger partial charge in [-0.05, 0) is 25.5 Å². The number of methoxy groups -OCH3 is 1. The molecule has 0 aromatic carbocycles. The van der Waals surface area contributed by atoms with E-state index in [0.717, 1.165) is 12.8 Å². The number of ether oxygens (including phenoxy) is 1. The number of carbonyl (C=O) groups is 2. The molecule has 0 aromatic rings. The minimum Gasteiger partial charge on any atom is -0.469 e. The standard InChI is InChI=1S/C13H23NO3S/c1-9(7-12(15)17-2)13(16)14-10-5-4-6-11(8-10)18-3/h9-11H,4-8H2,1-3H3,(H,14,16)/t9-,10-,11+/m0/s1.